The number of aryl methyl sites for hydroxylation is 1. The number of para-hydroxylation sites is 1. The quantitative estimate of drug-likeness (QED) is 0.520. The van der Waals surface area contributed by atoms with E-state index in [4.69, 9.17) is 14.2 Å². The Balaban J connectivity index is 1.60. The normalized spacial score (nSPS) is 14.6. The Labute approximate surface area is 182 Å². The first-order valence-corrected chi connectivity index (χ1v) is 11.3. The zero-order valence-electron chi connectivity index (χ0n) is 17.6. The molecular formula is C24H28N2O3S. The maximum Gasteiger partial charge on any atom is 0.131 e. The molecule has 4 rings (SSSR count). The molecule has 1 saturated heterocycles. The predicted molar refractivity (Wildman–Crippen MR) is 120 cm³/mol. The van der Waals surface area contributed by atoms with Crippen LogP contribution < -0.4 is 9.47 Å². The van der Waals surface area contributed by atoms with Crippen LogP contribution in [-0.4, -0.2) is 43.3 Å². The van der Waals surface area contributed by atoms with Gasteiger partial charge in [-0.2, -0.15) is 0 Å². The first-order chi connectivity index (χ1) is 14.8. The van der Waals surface area contributed by atoms with Gasteiger partial charge in [0.1, 0.15) is 18.1 Å². The number of ether oxygens (including phenoxy) is 3. The van der Waals surface area contributed by atoms with Crippen molar-refractivity contribution in [2.75, 3.05) is 33.4 Å². The molecule has 0 unspecified atom stereocenters. The molecule has 0 saturated carbocycles. The van der Waals surface area contributed by atoms with E-state index in [0.717, 1.165) is 72.6 Å². The molecule has 0 amide bonds. The number of morpholine rings is 1. The van der Waals surface area contributed by atoms with Crippen LogP contribution in [0.3, 0.4) is 0 Å². The zero-order valence-corrected chi connectivity index (χ0v) is 18.4. The van der Waals surface area contributed by atoms with Crippen molar-refractivity contribution in [3.05, 3.63) is 64.1 Å². The Morgan fingerprint density at radius 3 is 2.70 bits per heavy atom. The predicted octanol–water partition coefficient (Wildman–Crippen LogP) is 4.79. The molecule has 3 aromatic rings. The van der Waals surface area contributed by atoms with Gasteiger partial charge in [0.15, 0.2) is 0 Å². The number of aromatic nitrogens is 1. The van der Waals surface area contributed by atoms with Crippen molar-refractivity contribution in [3.8, 4) is 22.6 Å². The summed E-state index contributed by atoms with van der Waals surface area (Å²) in [5.74, 6) is 1.78. The van der Waals surface area contributed by atoms with Gasteiger partial charge in [0, 0.05) is 36.1 Å². The van der Waals surface area contributed by atoms with Gasteiger partial charge < -0.3 is 14.2 Å². The minimum Gasteiger partial charge on any atom is -0.496 e. The van der Waals surface area contributed by atoms with Gasteiger partial charge in [-0.25, -0.2) is 4.98 Å². The molecule has 158 valence electrons. The van der Waals surface area contributed by atoms with E-state index >= 15 is 0 Å². The van der Waals surface area contributed by atoms with Crippen molar-refractivity contribution in [1.29, 1.82) is 0 Å². The molecule has 0 spiro atoms. The van der Waals surface area contributed by atoms with Crippen molar-refractivity contribution in [1.82, 2.24) is 9.88 Å². The Morgan fingerprint density at radius 2 is 1.93 bits per heavy atom. The van der Waals surface area contributed by atoms with Crippen LogP contribution in [0, 0.1) is 0 Å². The lowest BCUT2D eigenvalue weighted by atomic mass is 10.0. The summed E-state index contributed by atoms with van der Waals surface area (Å²) in [5, 5.41) is 3.23. The third-order valence-electron chi connectivity index (χ3n) is 5.25. The highest BCUT2D eigenvalue weighted by Gasteiger charge is 2.16. The van der Waals surface area contributed by atoms with Gasteiger partial charge in [-0.15, -0.1) is 11.3 Å². The second-order valence-electron chi connectivity index (χ2n) is 7.29. The second kappa shape index (κ2) is 10.1. The number of nitrogens with zero attached hydrogens (tertiary/aromatic N) is 2. The number of benzene rings is 2. The number of rotatable bonds is 8. The lowest BCUT2D eigenvalue weighted by Crippen LogP contribution is -2.35. The fourth-order valence-corrected chi connectivity index (χ4v) is 4.35. The summed E-state index contributed by atoms with van der Waals surface area (Å²) in [6, 6.07) is 14.5. The number of thiazole rings is 1. The third-order valence-corrected chi connectivity index (χ3v) is 6.30. The largest absolute Gasteiger partial charge is 0.496 e. The summed E-state index contributed by atoms with van der Waals surface area (Å²) in [7, 11) is 1.71. The average Bonchev–Trinajstić information content (AvgIpc) is 3.27. The van der Waals surface area contributed by atoms with Crippen molar-refractivity contribution < 1.29 is 14.2 Å². The Kier molecular flexibility index (Phi) is 7.00. The molecule has 5 nitrogen and oxygen atoms in total. The van der Waals surface area contributed by atoms with Gasteiger partial charge in [0.05, 0.1) is 31.0 Å². The first kappa shape index (κ1) is 20.8. The molecule has 1 aliphatic rings. The SMILES string of the molecule is CCc1nc(COc2ccc(-c3ccccc3OC)cc2CN2CCOCC2)cs1. The van der Waals surface area contributed by atoms with Gasteiger partial charge in [-0.1, -0.05) is 31.2 Å². The van der Waals surface area contributed by atoms with Crippen LogP contribution in [-0.2, 0) is 24.3 Å². The number of methoxy groups -OCH3 is 1. The maximum atomic E-state index is 6.23. The van der Waals surface area contributed by atoms with Crippen LogP contribution in [0.15, 0.2) is 47.8 Å². The zero-order chi connectivity index (χ0) is 20.8. The molecule has 0 N–H and O–H groups in total. The summed E-state index contributed by atoms with van der Waals surface area (Å²) in [5.41, 5.74) is 4.38. The molecular weight excluding hydrogens is 396 g/mol. The highest BCUT2D eigenvalue weighted by Crippen LogP contribution is 2.33. The van der Waals surface area contributed by atoms with Crippen LogP contribution in [0.2, 0.25) is 0 Å². The third kappa shape index (κ3) is 5.01. The maximum absolute atomic E-state index is 6.23. The van der Waals surface area contributed by atoms with Gasteiger partial charge in [0.2, 0.25) is 0 Å². The van der Waals surface area contributed by atoms with Crippen molar-refractivity contribution in [3.63, 3.8) is 0 Å². The standard InChI is InChI=1S/C24H28N2O3S/c1-3-24-25-20(17-30-24)16-29-22-9-8-18(21-6-4-5-7-23(21)27-2)14-19(22)15-26-10-12-28-13-11-26/h4-9,14,17H,3,10-13,15-16H2,1-2H3. The summed E-state index contributed by atoms with van der Waals surface area (Å²) < 4.78 is 17.3. The average molecular weight is 425 g/mol. The fraction of sp³-hybridized carbons (Fsp3) is 0.375. The molecule has 1 aromatic heterocycles. The van der Waals surface area contributed by atoms with Gasteiger partial charge in [-0.05, 0) is 30.2 Å². The summed E-state index contributed by atoms with van der Waals surface area (Å²) >= 11 is 1.69. The Hall–Kier alpha value is -2.41. The van der Waals surface area contributed by atoms with Gasteiger partial charge in [-0.3, -0.25) is 4.90 Å². The van der Waals surface area contributed by atoms with Crippen LogP contribution in [0.4, 0.5) is 0 Å². The highest BCUT2D eigenvalue weighted by atomic mass is 32.1. The van der Waals surface area contributed by atoms with E-state index in [9.17, 15) is 0 Å². The summed E-state index contributed by atoms with van der Waals surface area (Å²) in [6.07, 6.45) is 0.959. The topological polar surface area (TPSA) is 43.8 Å². The molecule has 30 heavy (non-hydrogen) atoms. The van der Waals surface area contributed by atoms with Crippen molar-refractivity contribution in [2.45, 2.75) is 26.5 Å². The molecule has 0 radical (unpaired) electrons. The van der Waals surface area contributed by atoms with Gasteiger partial charge in [0.25, 0.3) is 0 Å². The van der Waals surface area contributed by atoms with Gasteiger partial charge >= 0.3 is 0 Å². The summed E-state index contributed by atoms with van der Waals surface area (Å²) in [6.45, 7) is 6.87. The summed E-state index contributed by atoms with van der Waals surface area (Å²) in [4.78, 5) is 7.04. The highest BCUT2D eigenvalue weighted by molar-refractivity contribution is 7.09. The van der Waals surface area contributed by atoms with Crippen molar-refractivity contribution >= 4 is 11.3 Å². The molecule has 0 bridgehead atoms. The smallest absolute Gasteiger partial charge is 0.131 e. The first-order valence-electron chi connectivity index (χ1n) is 10.4. The van der Waals surface area contributed by atoms with Crippen molar-refractivity contribution in [2.24, 2.45) is 0 Å². The van der Waals surface area contributed by atoms with E-state index in [1.165, 1.54) is 5.56 Å². The molecule has 2 heterocycles. The lowest BCUT2D eigenvalue weighted by molar-refractivity contribution is 0.0338. The Bertz CT molecular complexity index is 967. The molecule has 0 aliphatic carbocycles. The van der Waals surface area contributed by atoms with E-state index in [0.29, 0.717) is 6.61 Å². The van der Waals surface area contributed by atoms with E-state index in [1.807, 2.05) is 18.2 Å². The molecule has 1 aliphatic heterocycles. The van der Waals surface area contributed by atoms with Crippen LogP contribution in [0.1, 0.15) is 23.2 Å². The lowest BCUT2D eigenvalue weighted by Gasteiger charge is -2.27. The van der Waals surface area contributed by atoms with Crippen LogP contribution >= 0.6 is 11.3 Å². The minimum atomic E-state index is 0.487. The monoisotopic (exact) mass is 424 g/mol. The minimum absolute atomic E-state index is 0.487. The van der Waals surface area contributed by atoms with E-state index in [1.54, 1.807) is 18.4 Å². The molecule has 2 aromatic carbocycles. The van der Waals surface area contributed by atoms with E-state index < -0.39 is 0 Å². The Morgan fingerprint density at radius 1 is 1.10 bits per heavy atom. The fourth-order valence-electron chi connectivity index (χ4n) is 3.62. The van der Waals surface area contributed by atoms with Crippen LogP contribution in [0.5, 0.6) is 11.5 Å². The van der Waals surface area contributed by atoms with E-state index in [2.05, 4.69) is 46.5 Å². The molecule has 0 atom stereocenters. The molecule has 6 heteroatoms. The number of hydrogen-bond donors (Lipinski definition) is 0. The van der Waals surface area contributed by atoms with Crippen LogP contribution in [0.25, 0.3) is 11.1 Å². The molecule has 1 fully saturated rings. The number of hydrogen-bond acceptors (Lipinski definition) is 6. The van der Waals surface area contributed by atoms with E-state index in [-0.39, 0.29) is 0 Å². The second-order valence-corrected chi connectivity index (χ2v) is 8.23.